The molecule has 1 aliphatic heterocycles. The molecule has 3 nitrogen and oxygen atoms in total. The van der Waals surface area contributed by atoms with Crippen LogP contribution in [0.2, 0.25) is 0 Å². The predicted molar refractivity (Wildman–Crippen MR) is 92.9 cm³/mol. The van der Waals surface area contributed by atoms with Crippen LogP contribution < -0.4 is 5.32 Å². The molecule has 0 amide bonds. The van der Waals surface area contributed by atoms with Gasteiger partial charge in [-0.25, -0.2) is 13.2 Å². The third-order valence-corrected chi connectivity index (χ3v) is 4.50. The first-order valence-corrected chi connectivity index (χ1v) is 8.34. The first-order valence-electron chi connectivity index (χ1n) is 8.34. The van der Waals surface area contributed by atoms with E-state index in [0.29, 0.717) is 35.2 Å². The van der Waals surface area contributed by atoms with Gasteiger partial charge in [0.15, 0.2) is 11.3 Å². The third kappa shape index (κ3) is 3.77. The van der Waals surface area contributed by atoms with E-state index < -0.39 is 19.0 Å². The van der Waals surface area contributed by atoms with Gasteiger partial charge in [-0.3, -0.25) is 0 Å². The highest BCUT2D eigenvalue weighted by atomic mass is 19.3. The zero-order valence-electron chi connectivity index (χ0n) is 14.3. The Morgan fingerprint density at radius 3 is 2.88 bits per heavy atom. The SMILES string of the molecule is CC#Cc1oc2c(N[C@H]3CCN(C)C[C@@H]3F)cccc2c1CC(F)F. The lowest BCUT2D eigenvalue weighted by Crippen LogP contribution is -2.46. The van der Waals surface area contributed by atoms with Crippen LogP contribution in [0.4, 0.5) is 18.9 Å². The summed E-state index contributed by atoms with van der Waals surface area (Å²) in [5.41, 5.74) is 1.49. The summed E-state index contributed by atoms with van der Waals surface area (Å²) in [5.74, 6) is 5.71. The van der Waals surface area contributed by atoms with Crippen LogP contribution in [0.25, 0.3) is 11.0 Å². The number of likely N-dealkylation sites (tertiary alicyclic amines) is 1. The molecule has 1 fully saturated rings. The first-order chi connectivity index (χ1) is 12.0. The van der Waals surface area contributed by atoms with Gasteiger partial charge in [0.2, 0.25) is 6.43 Å². The number of piperidine rings is 1. The average molecular weight is 350 g/mol. The van der Waals surface area contributed by atoms with Crippen molar-refractivity contribution in [3.63, 3.8) is 0 Å². The molecule has 0 unspecified atom stereocenters. The predicted octanol–water partition coefficient (Wildman–Crippen LogP) is 4.07. The molecule has 1 aromatic heterocycles. The molecule has 1 aliphatic rings. The molecule has 1 N–H and O–H groups in total. The fourth-order valence-electron chi connectivity index (χ4n) is 3.27. The van der Waals surface area contributed by atoms with Gasteiger partial charge in [0, 0.05) is 30.5 Å². The number of nitrogens with zero attached hydrogens (tertiary/aromatic N) is 1. The van der Waals surface area contributed by atoms with Crippen LogP contribution in [-0.2, 0) is 6.42 Å². The second-order valence-corrected chi connectivity index (χ2v) is 6.38. The minimum absolute atomic E-state index is 0.257. The van der Waals surface area contributed by atoms with Gasteiger partial charge in [-0.05, 0) is 32.4 Å². The van der Waals surface area contributed by atoms with E-state index in [-0.39, 0.29) is 11.8 Å². The van der Waals surface area contributed by atoms with Crippen molar-refractivity contribution in [1.82, 2.24) is 4.90 Å². The van der Waals surface area contributed by atoms with Gasteiger partial charge in [-0.2, -0.15) is 0 Å². The molecule has 0 radical (unpaired) electrons. The number of hydrogen-bond donors (Lipinski definition) is 1. The van der Waals surface area contributed by atoms with Crippen molar-refractivity contribution >= 4 is 16.7 Å². The summed E-state index contributed by atoms with van der Waals surface area (Å²) >= 11 is 0. The summed E-state index contributed by atoms with van der Waals surface area (Å²) in [7, 11) is 1.89. The topological polar surface area (TPSA) is 28.4 Å². The Hall–Kier alpha value is -2.13. The summed E-state index contributed by atoms with van der Waals surface area (Å²) in [5, 5.41) is 3.80. The van der Waals surface area contributed by atoms with E-state index in [1.807, 2.05) is 11.9 Å². The van der Waals surface area contributed by atoms with Crippen LogP contribution in [0.3, 0.4) is 0 Å². The molecular weight excluding hydrogens is 329 g/mol. The quantitative estimate of drug-likeness (QED) is 0.843. The summed E-state index contributed by atoms with van der Waals surface area (Å²) in [6.45, 7) is 2.80. The zero-order chi connectivity index (χ0) is 18.0. The van der Waals surface area contributed by atoms with E-state index in [4.69, 9.17) is 4.42 Å². The van der Waals surface area contributed by atoms with Crippen molar-refractivity contribution in [1.29, 1.82) is 0 Å². The Kier molecular flexibility index (Phi) is 5.24. The summed E-state index contributed by atoms with van der Waals surface area (Å²) in [6, 6.07) is 4.96. The maximum absolute atomic E-state index is 14.3. The highest BCUT2D eigenvalue weighted by Crippen LogP contribution is 2.33. The minimum atomic E-state index is -2.49. The van der Waals surface area contributed by atoms with E-state index in [1.54, 1.807) is 25.1 Å². The Balaban J connectivity index is 1.97. The number of benzene rings is 1. The number of furan rings is 1. The maximum atomic E-state index is 14.3. The largest absolute Gasteiger partial charge is 0.445 e. The van der Waals surface area contributed by atoms with E-state index in [0.717, 1.165) is 6.54 Å². The number of alkyl halides is 3. The molecule has 1 aromatic carbocycles. The first kappa shape index (κ1) is 17.7. The van der Waals surface area contributed by atoms with Gasteiger partial charge < -0.3 is 14.6 Å². The van der Waals surface area contributed by atoms with Crippen molar-refractivity contribution in [2.24, 2.45) is 0 Å². The monoisotopic (exact) mass is 350 g/mol. The van der Waals surface area contributed by atoms with Gasteiger partial charge in [0.1, 0.15) is 6.17 Å². The van der Waals surface area contributed by atoms with Gasteiger partial charge in [-0.15, -0.1) is 0 Å². The number of para-hydroxylation sites is 1. The Bertz CT molecular complexity index is 806. The second kappa shape index (κ2) is 7.40. The van der Waals surface area contributed by atoms with Crippen molar-refractivity contribution in [2.45, 2.75) is 38.4 Å². The van der Waals surface area contributed by atoms with Crippen LogP contribution >= 0.6 is 0 Å². The summed E-state index contributed by atoms with van der Waals surface area (Å²) in [4.78, 5) is 1.95. The van der Waals surface area contributed by atoms with Crippen LogP contribution in [0, 0.1) is 11.8 Å². The highest BCUT2D eigenvalue weighted by Gasteiger charge is 2.28. The zero-order valence-corrected chi connectivity index (χ0v) is 14.3. The van der Waals surface area contributed by atoms with E-state index >= 15 is 0 Å². The van der Waals surface area contributed by atoms with Crippen molar-refractivity contribution < 1.29 is 17.6 Å². The molecule has 0 saturated carbocycles. The molecule has 1 saturated heterocycles. The van der Waals surface area contributed by atoms with Gasteiger partial charge in [0.25, 0.3) is 0 Å². The molecule has 0 aliphatic carbocycles. The van der Waals surface area contributed by atoms with Crippen LogP contribution in [-0.4, -0.2) is 43.7 Å². The number of fused-ring (bicyclic) bond motifs is 1. The molecule has 2 aromatic rings. The maximum Gasteiger partial charge on any atom is 0.242 e. The molecule has 0 bridgehead atoms. The lowest BCUT2D eigenvalue weighted by molar-refractivity contribution is 0.149. The number of hydrogen-bond acceptors (Lipinski definition) is 3. The summed E-state index contributed by atoms with van der Waals surface area (Å²) in [6.07, 6.45) is -3.24. The molecule has 25 heavy (non-hydrogen) atoms. The van der Waals surface area contributed by atoms with Crippen molar-refractivity contribution in [2.75, 3.05) is 25.5 Å². The van der Waals surface area contributed by atoms with E-state index in [9.17, 15) is 13.2 Å². The Morgan fingerprint density at radius 1 is 1.40 bits per heavy atom. The lowest BCUT2D eigenvalue weighted by atomic mass is 10.0. The fourth-order valence-corrected chi connectivity index (χ4v) is 3.27. The van der Waals surface area contributed by atoms with Crippen LogP contribution in [0.1, 0.15) is 24.7 Å². The van der Waals surface area contributed by atoms with Gasteiger partial charge in [0.05, 0.1) is 11.7 Å². The number of rotatable bonds is 4. The number of nitrogens with one attached hydrogen (secondary N) is 1. The Morgan fingerprint density at radius 2 is 2.20 bits per heavy atom. The Labute approximate surface area is 145 Å². The second-order valence-electron chi connectivity index (χ2n) is 6.38. The number of anilines is 1. The molecule has 0 spiro atoms. The lowest BCUT2D eigenvalue weighted by Gasteiger charge is -2.33. The van der Waals surface area contributed by atoms with Crippen molar-refractivity contribution in [3.8, 4) is 11.8 Å². The molecule has 2 atom stereocenters. The smallest absolute Gasteiger partial charge is 0.242 e. The van der Waals surface area contributed by atoms with E-state index in [1.165, 1.54) is 0 Å². The molecule has 6 heteroatoms. The van der Waals surface area contributed by atoms with Gasteiger partial charge >= 0.3 is 0 Å². The molecular formula is C19H21F3N2O. The van der Waals surface area contributed by atoms with Gasteiger partial charge in [-0.1, -0.05) is 18.1 Å². The van der Waals surface area contributed by atoms with Crippen LogP contribution in [0.5, 0.6) is 0 Å². The van der Waals surface area contributed by atoms with E-state index in [2.05, 4.69) is 17.2 Å². The molecule has 134 valence electrons. The normalized spacial score (nSPS) is 21.4. The van der Waals surface area contributed by atoms with Crippen LogP contribution in [0.15, 0.2) is 22.6 Å². The summed E-state index contributed by atoms with van der Waals surface area (Å²) < 4.78 is 46.0. The molecule has 3 rings (SSSR count). The number of halogens is 3. The average Bonchev–Trinajstić information content (AvgIpc) is 2.89. The minimum Gasteiger partial charge on any atom is -0.445 e. The van der Waals surface area contributed by atoms with Crippen molar-refractivity contribution in [3.05, 3.63) is 29.5 Å². The third-order valence-electron chi connectivity index (χ3n) is 4.50. The fraction of sp³-hybridized carbons (Fsp3) is 0.474. The standard InChI is InChI=1S/C19H21F3N2O/c1-3-5-17-13(10-18(21)22)12-6-4-7-16(19(12)25-17)23-15-8-9-24(2)11-14(15)20/h4,6-7,14-15,18,23H,8-11H2,1-2H3/t14-,15-/m0/s1. The molecule has 2 heterocycles. The highest BCUT2D eigenvalue weighted by molar-refractivity contribution is 5.93.